The van der Waals surface area contributed by atoms with E-state index in [-0.39, 0.29) is 11.8 Å². The molecule has 166 valence electrons. The second-order valence-electron chi connectivity index (χ2n) is 7.82. The average Bonchev–Trinajstić information content (AvgIpc) is 2.82. The maximum absolute atomic E-state index is 12.5. The summed E-state index contributed by atoms with van der Waals surface area (Å²) < 4.78 is 5.35. The van der Waals surface area contributed by atoms with Crippen LogP contribution in [0.4, 0.5) is 5.69 Å². The van der Waals surface area contributed by atoms with Gasteiger partial charge >= 0.3 is 0 Å². The lowest BCUT2D eigenvalue weighted by Gasteiger charge is -2.26. The van der Waals surface area contributed by atoms with Crippen molar-refractivity contribution in [1.82, 2.24) is 10.2 Å². The minimum atomic E-state index is 0.0282. The van der Waals surface area contributed by atoms with Crippen LogP contribution in [0.3, 0.4) is 0 Å². The van der Waals surface area contributed by atoms with Gasteiger partial charge in [0.2, 0.25) is 11.8 Å². The summed E-state index contributed by atoms with van der Waals surface area (Å²) in [7, 11) is 0. The monoisotopic (exact) mass is 423 g/mol. The Morgan fingerprint density at radius 1 is 1.00 bits per heavy atom. The quantitative estimate of drug-likeness (QED) is 0.597. The number of rotatable bonds is 10. The molecule has 0 bridgehead atoms. The first-order valence-corrected chi connectivity index (χ1v) is 11.2. The number of nitrogens with one attached hydrogen (secondary N) is 1. The van der Waals surface area contributed by atoms with Crippen LogP contribution < -0.4 is 10.2 Å². The molecule has 1 fully saturated rings. The smallest absolute Gasteiger partial charge is 0.227 e. The van der Waals surface area contributed by atoms with Crippen molar-refractivity contribution in [3.8, 4) is 0 Å². The fourth-order valence-corrected chi connectivity index (χ4v) is 3.68. The van der Waals surface area contributed by atoms with Crippen molar-refractivity contribution in [2.45, 2.75) is 32.7 Å². The molecular formula is C25H33N3O3. The Balaban J connectivity index is 1.48. The predicted octanol–water partition coefficient (Wildman–Crippen LogP) is 3.01. The van der Waals surface area contributed by atoms with E-state index in [4.69, 9.17) is 4.74 Å². The van der Waals surface area contributed by atoms with Crippen LogP contribution in [-0.4, -0.2) is 56.1 Å². The second-order valence-corrected chi connectivity index (χ2v) is 7.82. The topological polar surface area (TPSA) is 61.9 Å². The molecule has 1 N–H and O–H groups in total. The van der Waals surface area contributed by atoms with Gasteiger partial charge in [0, 0.05) is 31.7 Å². The molecule has 31 heavy (non-hydrogen) atoms. The Kier molecular flexibility index (Phi) is 9.06. The molecule has 0 aromatic heterocycles. The van der Waals surface area contributed by atoms with E-state index in [1.165, 1.54) is 0 Å². The normalized spacial score (nSPS) is 14.2. The summed E-state index contributed by atoms with van der Waals surface area (Å²) in [6.07, 6.45) is 1.73. The van der Waals surface area contributed by atoms with Gasteiger partial charge < -0.3 is 15.0 Å². The fraction of sp³-hybridized carbons (Fsp3) is 0.440. The first-order chi connectivity index (χ1) is 15.2. The lowest BCUT2D eigenvalue weighted by atomic mass is 10.1. The highest BCUT2D eigenvalue weighted by atomic mass is 16.5. The number of carbonyl (C=O) groups is 2. The van der Waals surface area contributed by atoms with E-state index in [0.717, 1.165) is 56.1 Å². The second kappa shape index (κ2) is 12.2. The molecule has 1 saturated heterocycles. The van der Waals surface area contributed by atoms with Gasteiger partial charge in [0.1, 0.15) is 0 Å². The maximum atomic E-state index is 12.5. The van der Waals surface area contributed by atoms with Crippen molar-refractivity contribution >= 4 is 17.5 Å². The third-order valence-electron chi connectivity index (χ3n) is 5.48. The number of amides is 2. The van der Waals surface area contributed by atoms with Crippen LogP contribution in [0.25, 0.3) is 0 Å². The number of benzene rings is 2. The lowest BCUT2D eigenvalue weighted by molar-refractivity contribution is -0.120. The third-order valence-corrected chi connectivity index (χ3v) is 5.48. The summed E-state index contributed by atoms with van der Waals surface area (Å²) in [6, 6.07) is 17.7. The van der Waals surface area contributed by atoms with Gasteiger partial charge in [0.25, 0.3) is 0 Å². The maximum Gasteiger partial charge on any atom is 0.227 e. The minimum Gasteiger partial charge on any atom is -0.379 e. The molecular weight excluding hydrogens is 390 g/mol. The molecule has 6 nitrogen and oxygen atoms in total. The molecule has 0 spiro atoms. The molecule has 2 aromatic rings. The number of morpholine rings is 1. The molecule has 0 radical (unpaired) electrons. The van der Waals surface area contributed by atoms with Crippen molar-refractivity contribution in [2.24, 2.45) is 0 Å². The average molecular weight is 424 g/mol. The summed E-state index contributed by atoms with van der Waals surface area (Å²) in [5, 5.41) is 3.01. The van der Waals surface area contributed by atoms with Crippen molar-refractivity contribution in [2.75, 3.05) is 44.3 Å². The Labute approximate surface area is 185 Å². The molecule has 2 amide bonds. The molecule has 1 aliphatic heterocycles. The van der Waals surface area contributed by atoms with Gasteiger partial charge in [-0.2, -0.15) is 0 Å². The lowest BCUT2D eigenvalue weighted by Crippen LogP contribution is -2.38. The van der Waals surface area contributed by atoms with Crippen LogP contribution in [0.15, 0.2) is 54.6 Å². The van der Waals surface area contributed by atoms with Gasteiger partial charge in [0.05, 0.1) is 26.2 Å². The number of anilines is 1. The Hall–Kier alpha value is -2.70. The summed E-state index contributed by atoms with van der Waals surface area (Å²) >= 11 is 0. The molecule has 1 aliphatic rings. The van der Waals surface area contributed by atoms with Crippen molar-refractivity contribution in [3.63, 3.8) is 0 Å². The highest BCUT2D eigenvalue weighted by molar-refractivity contribution is 5.93. The molecule has 6 heteroatoms. The van der Waals surface area contributed by atoms with E-state index in [1.807, 2.05) is 61.5 Å². The molecule has 3 rings (SSSR count). The highest BCUT2D eigenvalue weighted by Crippen LogP contribution is 2.20. The number of carbonyl (C=O) groups excluding carboxylic acids is 2. The Morgan fingerprint density at radius 2 is 1.71 bits per heavy atom. The van der Waals surface area contributed by atoms with Crippen LogP contribution >= 0.6 is 0 Å². The number of nitrogens with zero attached hydrogens (tertiary/aromatic N) is 2. The number of hydrogen-bond donors (Lipinski definition) is 1. The van der Waals surface area contributed by atoms with E-state index in [2.05, 4.69) is 10.2 Å². The third kappa shape index (κ3) is 7.49. The predicted molar refractivity (Wildman–Crippen MR) is 123 cm³/mol. The first kappa shape index (κ1) is 23.0. The molecule has 0 aliphatic carbocycles. The SMILES string of the molecule is CCC(=O)N(Cc1ccccc1)c1ccc(CC(=O)NCCCN2CCOCC2)cc1. The van der Waals surface area contributed by atoms with Crippen LogP contribution in [0.1, 0.15) is 30.9 Å². The van der Waals surface area contributed by atoms with Gasteiger partial charge in [-0.25, -0.2) is 0 Å². The van der Waals surface area contributed by atoms with Crippen molar-refractivity contribution < 1.29 is 14.3 Å². The van der Waals surface area contributed by atoms with Gasteiger partial charge in [-0.3, -0.25) is 14.5 Å². The molecule has 0 unspecified atom stereocenters. The van der Waals surface area contributed by atoms with Gasteiger partial charge in [-0.1, -0.05) is 49.4 Å². The Morgan fingerprint density at radius 3 is 2.39 bits per heavy atom. The summed E-state index contributed by atoms with van der Waals surface area (Å²) in [5.74, 6) is 0.107. The summed E-state index contributed by atoms with van der Waals surface area (Å²) in [4.78, 5) is 28.9. The van der Waals surface area contributed by atoms with Crippen LogP contribution in [0.5, 0.6) is 0 Å². The van der Waals surface area contributed by atoms with Crippen molar-refractivity contribution in [1.29, 1.82) is 0 Å². The molecule has 1 heterocycles. The number of ether oxygens (including phenoxy) is 1. The van der Waals surface area contributed by atoms with E-state index in [0.29, 0.717) is 25.9 Å². The van der Waals surface area contributed by atoms with E-state index < -0.39 is 0 Å². The van der Waals surface area contributed by atoms with Crippen molar-refractivity contribution in [3.05, 3.63) is 65.7 Å². The number of hydrogen-bond acceptors (Lipinski definition) is 4. The van der Waals surface area contributed by atoms with Crippen LogP contribution in [0.2, 0.25) is 0 Å². The van der Waals surface area contributed by atoms with Crippen LogP contribution in [0, 0.1) is 0 Å². The standard InChI is InChI=1S/C25H33N3O3/c1-2-25(30)28(20-22-7-4-3-5-8-22)23-11-9-21(10-12-23)19-24(29)26-13-6-14-27-15-17-31-18-16-27/h3-5,7-12H,2,6,13-20H2,1H3,(H,26,29). The largest absolute Gasteiger partial charge is 0.379 e. The fourth-order valence-electron chi connectivity index (χ4n) is 3.68. The van der Waals surface area contributed by atoms with E-state index >= 15 is 0 Å². The zero-order chi connectivity index (χ0) is 21.9. The highest BCUT2D eigenvalue weighted by Gasteiger charge is 2.15. The van der Waals surface area contributed by atoms with Gasteiger partial charge in [0.15, 0.2) is 0 Å². The summed E-state index contributed by atoms with van der Waals surface area (Å²) in [6.45, 7) is 7.63. The van der Waals surface area contributed by atoms with Crippen LogP contribution in [-0.2, 0) is 27.3 Å². The zero-order valence-corrected chi connectivity index (χ0v) is 18.4. The van der Waals surface area contributed by atoms with Gasteiger partial charge in [-0.05, 0) is 36.2 Å². The van der Waals surface area contributed by atoms with E-state index in [1.54, 1.807) is 4.90 Å². The molecule has 2 aromatic carbocycles. The molecule has 0 atom stereocenters. The molecule has 0 saturated carbocycles. The minimum absolute atomic E-state index is 0.0282. The van der Waals surface area contributed by atoms with Gasteiger partial charge in [-0.15, -0.1) is 0 Å². The first-order valence-electron chi connectivity index (χ1n) is 11.2. The Bertz CT molecular complexity index is 818. The van der Waals surface area contributed by atoms with E-state index in [9.17, 15) is 9.59 Å². The zero-order valence-electron chi connectivity index (χ0n) is 18.4. The summed E-state index contributed by atoms with van der Waals surface area (Å²) in [5.41, 5.74) is 2.88.